The summed E-state index contributed by atoms with van der Waals surface area (Å²) in [4.78, 5) is 29.7. The van der Waals surface area contributed by atoms with Crippen LogP contribution < -0.4 is 5.32 Å². The quantitative estimate of drug-likeness (QED) is 0.733. The Morgan fingerprint density at radius 2 is 1.97 bits per heavy atom. The van der Waals surface area contributed by atoms with E-state index in [1.165, 1.54) is 11.8 Å². The highest BCUT2D eigenvalue weighted by Gasteiger charge is 2.45. The number of hydrogen-bond donors (Lipinski definition) is 1. The standard InChI is InChI=1S/C21H19FN4O3/c1-14(27)23-17-9-5-8-16(12-17)19(28)26-11-10-21(22,13-26)20-24-18(29-25-20)15-6-3-2-4-7-15/h2-9,12H,10-11,13H2,1H3,(H,23,27). The van der Waals surface area contributed by atoms with Gasteiger partial charge in [0.15, 0.2) is 5.67 Å². The second-order valence-corrected chi connectivity index (χ2v) is 6.99. The molecule has 29 heavy (non-hydrogen) atoms. The van der Waals surface area contributed by atoms with E-state index in [0.717, 1.165) is 0 Å². The maximum absolute atomic E-state index is 15.5. The Kier molecular flexibility index (Phi) is 4.84. The third-order valence-corrected chi connectivity index (χ3v) is 4.78. The molecule has 3 aromatic rings. The molecule has 0 saturated carbocycles. The number of rotatable bonds is 4. The number of anilines is 1. The highest BCUT2D eigenvalue weighted by molar-refractivity contribution is 5.97. The van der Waals surface area contributed by atoms with Crippen molar-refractivity contribution in [3.8, 4) is 11.5 Å². The van der Waals surface area contributed by atoms with Gasteiger partial charge in [-0.3, -0.25) is 9.59 Å². The van der Waals surface area contributed by atoms with E-state index >= 15 is 4.39 Å². The minimum atomic E-state index is -1.87. The van der Waals surface area contributed by atoms with E-state index in [1.54, 1.807) is 36.4 Å². The summed E-state index contributed by atoms with van der Waals surface area (Å²) < 4.78 is 20.7. The minimum absolute atomic E-state index is 0.0568. The smallest absolute Gasteiger partial charge is 0.258 e. The maximum Gasteiger partial charge on any atom is 0.258 e. The van der Waals surface area contributed by atoms with E-state index in [9.17, 15) is 9.59 Å². The highest BCUT2D eigenvalue weighted by Crippen LogP contribution is 2.36. The zero-order chi connectivity index (χ0) is 20.4. The van der Waals surface area contributed by atoms with E-state index in [2.05, 4.69) is 15.5 Å². The number of aromatic nitrogens is 2. The van der Waals surface area contributed by atoms with Gasteiger partial charge < -0.3 is 14.7 Å². The number of carbonyl (C=O) groups excluding carboxylic acids is 2. The fourth-order valence-electron chi connectivity index (χ4n) is 3.35. The summed E-state index contributed by atoms with van der Waals surface area (Å²) in [5, 5.41) is 6.45. The second kappa shape index (κ2) is 7.46. The summed E-state index contributed by atoms with van der Waals surface area (Å²) in [6, 6.07) is 15.7. The molecule has 1 atom stereocenters. The molecule has 0 aliphatic carbocycles. The number of hydrogen-bond acceptors (Lipinski definition) is 5. The van der Waals surface area contributed by atoms with Gasteiger partial charge in [0.1, 0.15) is 0 Å². The number of alkyl halides is 1. The number of nitrogens with zero attached hydrogens (tertiary/aromatic N) is 3. The van der Waals surface area contributed by atoms with Gasteiger partial charge in [0.05, 0.1) is 6.54 Å². The molecule has 7 nitrogen and oxygen atoms in total. The molecule has 2 aromatic carbocycles. The van der Waals surface area contributed by atoms with Crippen LogP contribution in [-0.2, 0) is 10.5 Å². The predicted molar refractivity (Wildman–Crippen MR) is 104 cm³/mol. The SMILES string of the molecule is CC(=O)Nc1cccc(C(=O)N2CCC(F)(c3noc(-c4ccccc4)n3)C2)c1. The van der Waals surface area contributed by atoms with Crippen LogP contribution in [0.1, 0.15) is 29.5 Å². The fraction of sp³-hybridized carbons (Fsp3) is 0.238. The third-order valence-electron chi connectivity index (χ3n) is 4.78. The zero-order valence-electron chi connectivity index (χ0n) is 15.8. The van der Waals surface area contributed by atoms with Crippen molar-refractivity contribution >= 4 is 17.5 Å². The minimum Gasteiger partial charge on any atom is -0.335 e. The first-order valence-electron chi connectivity index (χ1n) is 9.20. The van der Waals surface area contributed by atoms with Gasteiger partial charge in [-0.2, -0.15) is 4.98 Å². The molecular weight excluding hydrogens is 375 g/mol. The molecule has 4 rings (SSSR count). The van der Waals surface area contributed by atoms with E-state index in [4.69, 9.17) is 4.52 Å². The molecule has 0 radical (unpaired) electrons. The van der Waals surface area contributed by atoms with Gasteiger partial charge in [-0.15, -0.1) is 0 Å². The molecule has 1 saturated heterocycles. The average Bonchev–Trinajstić information content (AvgIpc) is 3.36. The van der Waals surface area contributed by atoms with E-state index < -0.39 is 5.67 Å². The summed E-state index contributed by atoms with van der Waals surface area (Å²) >= 11 is 0. The normalized spacial score (nSPS) is 18.6. The maximum atomic E-state index is 15.5. The van der Waals surface area contributed by atoms with E-state index in [-0.39, 0.29) is 43.0 Å². The summed E-state index contributed by atoms with van der Waals surface area (Å²) in [7, 11) is 0. The number of carbonyl (C=O) groups is 2. The topological polar surface area (TPSA) is 88.3 Å². The molecule has 2 heterocycles. The molecule has 0 bridgehead atoms. The molecular formula is C21H19FN4O3. The van der Waals surface area contributed by atoms with Crippen LogP contribution in [0.25, 0.3) is 11.5 Å². The van der Waals surface area contributed by atoms with Crippen molar-refractivity contribution < 1.29 is 18.5 Å². The molecule has 1 aliphatic rings. The number of benzene rings is 2. The van der Waals surface area contributed by atoms with Crippen molar-refractivity contribution in [3.05, 3.63) is 66.0 Å². The van der Waals surface area contributed by atoms with Gasteiger partial charge in [-0.05, 0) is 30.3 Å². The van der Waals surface area contributed by atoms with Gasteiger partial charge in [0.25, 0.3) is 11.8 Å². The molecule has 1 aromatic heterocycles. The number of halogens is 1. The molecule has 148 valence electrons. The van der Waals surface area contributed by atoms with Gasteiger partial charge >= 0.3 is 0 Å². The van der Waals surface area contributed by atoms with Crippen LogP contribution in [0.15, 0.2) is 59.1 Å². The van der Waals surface area contributed by atoms with Crippen LogP contribution in [0.3, 0.4) is 0 Å². The van der Waals surface area contributed by atoms with E-state index in [0.29, 0.717) is 16.8 Å². The Balaban J connectivity index is 1.50. The lowest BCUT2D eigenvalue weighted by Gasteiger charge is -2.18. The lowest BCUT2D eigenvalue weighted by atomic mass is 10.1. The highest BCUT2D eigenvalue weighted by atomic mass is 19.1. The zero-order valence-corrected chi connectivity index (χ0v) is 15.8. The van der Waals surface area contributed by atoms with Crippen molar-refractivity contribution in [2.24, 2.45) is 0 Å². The lowest BCUT2D eigenvalue weighted by molar-refractivity contribution is -0.114. The van der Waals surface area contributed by atoms with Crippen molar-refractivity contribution in [2.75, 3.05) is 18.4 Å². The molecule has 0 spiro atoms. The first-order valence-corrected chi connectivity index (χ1v) is 9.20. The summed E-state index contributed by atoms with van der Waals surface area (Å²) in [6.07, 6.45) is 0.0812. The van der Waals surface area contributed by atoms with Gasteiger partial charge in [-0.1, -0.05) is 29.4 Å². The Labute approximate surface area is 166 Å². The number of likely N-dealkylation sites (tertiary alicyclic amines) is 1. The van der Waals surface area contributed by atoms with Crippen LogP contribution in [0.2, 0.25) is 0 Å². The van der Waals surface area contributed by atoms with Crippen molar-refractivity contribution in [1.82, 2.24) is 15.0 Å². The van der Waals surface area contributed by atoms with E-state index in [1.807, 2.05) is 18.2 Å². The van der Waals surface area contributed by atoms with Crippen molar-refractivity contribution in [3.63, 3.8) is 0 Å². The van der Waals surface area contributed by atoms with Crippen LogP contribution in [0.5, 0.6) is 0 Å². The monoisotopic (exact) mass is 394 g/mol. The second-order valence-electron chi connectivity index (χ2n) is 6.99. The fourth-order valence-corrected chi connectivity index (χ4v) is 3.35. The van der Waals surface area contributed by atoms with Crippen LogP contribution >= 0.6 is 0 Å². The van der Waals surface area contributed by atoms with Gasteiger partial charge in [-0.25, -0.2) is 4.39 Å². The summed E-state index contributed by atoms with van der Waals surface area (Å²) in [5.74, 6) is -0.363. The lowest BCUT2D eigenvalue weighted by Crippen LogP contribution is -2.32. The number of nitrogens with one attached hydrogen (secondary N) is 1. The molecule has 1 unspecified atom stereocenters. The molecule has 1 aliphatic heterocycles. The van der Waals surface area contributed by atoms with Crippen molar-refractivity contribution in [1.29, 1.82) is 0 Å². The Morgan fingerprint density at radius 3 is 2.72 bits per heavy atom. The van der Waals surface area contributed by atoms with Gasteiger partial charge in [0, 0.05) is 36.7 Å². The summed E-state index contributed by atoms with van der Waals surface area (Å²) in [5.41, 5.74) is -0.282. The summed E-state index contributed by atoms with van der Waals surface area (Å²) in [6.45, 7) is 1.46. The Hall–Kier alpha value is -3.55. The van der Waals surface area contributed by atoms with Crippen LogP contribution in [0.4, 0.5) is 10.1 Å². The van der Waals surface area contributed by atoms with Crippen LogP contribution in [0, 0.1) is 0 Å². The first kappa shape index (κ1) is 18.8. The van der Waals surface area contributed by atoms with Gasteiger partial charge in [0.2, 0.25) is 11.7 Å². The molecule has 1 fully saturated rings. The van der Waals surface area contributed by atoms with Crippen molar-refractivity contribution in [2.45, 2.75) is 19.0 Å². The Morgan fingerprint density at radius 1 is 1.17 bits per heavy atom. The third kappa shape index (κ3) is 3.87. The largest absolute Gasteiger partial charge is 0.335 e. The molecule has 2 amide bonds. The first-order chi connectivity index (χ1) is 13.9. The Bertz CT molecular complexity index is 1050. The number of amides is 2. The molecule has 8 heteroatoms. The molecule has 1 N–H and O–H groups in total. The predicted octanol–water partition coefficient (Wildman–Crippen LogP) is 3.41. The van der Waals surface area contributed by atoms with Crippen LogP contribution in [-0.4, -0.2) is 39.9 Å². The average molecular weight is 394 g/mol.